The summed E-state index contributed by atoms with van der Waals surface area (Å²) in [7, 11) is 0. The van der Waals surface area contributed by atoms with Crippen LogP contribution in [0, 0.1) is 6.92 Å². The monoisotopic (exact) mass is 202 g/mol. The molecule has 0 aliphatic heterocycles. The molecule has 0 aromatic carbocycles. The highest BCUT2D eigenvalue weighted by Crippen LogP contribution is 2.30. The van der Waals surface area contributed by atoms with E-state index in [0.717, 1.165) is 16.7 Å². The largest absolute Gasteiger partial charge is 0.333 e. The van der Waals surface area contributed by atoms with Crippen LogP contribution in [-0.4, -0.2) is 9.78 Å². The highest BCUT2D eigenvalue weighted by atomic mass is 19.3. The summed E-state index contributed by atoms with van der Waals surface area (Å²) in [6.45, 7) is 5.25. The van der Waals surface area contributed by atoms with Crippen molar-refractivity contribution < 1.29 is 8.78 Å². The first-order valence-electron chi connectivity index (χ1n) is 4.73. The predicted octanol–water partition coefficient (Wildman–Crippen LogP) is 3.27. The van der Waals surface area contributed by atoms with Gasteiger partial charge in [-0.25, -0.2) is 4.68 Å². The van der Waals surface area contributed by atoms with Crippen molar-refractivity contribution in [1.82, 2.24) is 9.78 Å². The van der Waals surface area contributed by atoms with Gasteiger partial charge in [0.05, 0.1) is 6.20 Å². The standard InChI is InChI=1S/C10H16F2N2/c1-5-10(3,4)8-6-13-14(7(8)2)9(11)12/h6,9H,5H2,1-4H3. The summed E-state index contributed by atoms with van der Waals surface area (Å²) in [6, 6.07) is 0. The number of aromatic nitrogens is 2. The van der Waals surface area contributed by atoms with Gasteiger partial charge < -0.3 is 0 Å². The number of nitrogens with zero attached hydrogens (tertiary/aromatic N) is 2. The maximum absolute atomic E-state index is 12.4. The minimum absolute atomic E-state index is 0.0861. The van der Waals surface area contributed by atoms with E-state index in [4.69, 9.17) is 0 Å². The summed E-state index contributed by atoms with van der Waals surface area (Å²) >= 11 is 0. The Morgan fingerprint density at radius 1 is 1.50 bits per heavy atom. The van der Waals surface area contributed by atoms with Gasteiger partial charge in [0.2, 0.25) is 0 Å². The Hall–Kier alpha value is -0.930. The summed E-state index contributed by atoms with van der Waals surface area (Å²) in [6.07, 6.45) is 2.45. The van der Waals surface area contributed by atoms with Crippen molar-refractivity contribution in [2.24, 2.45) is 0 Å². The third-order valence-corrected chi connectivity index (χ3v) is 2.84. The maximum atomic E-state index is 12.4. The molecule has 1 aromatic rings. The third-order valence-electron chi connectivity index (χ3n) is 2.84. The molecule has 0 amide bonds. The first-order chi connectivity index (χ1) is 6.40. The topological polar surface area (TPSA) is 17.8 Å². The van der Waals surface area contributed by atoms with Gasteiger partial charge in [0.25, 0.3) is 0 Å². The fraction of sp³-hybridized carbons (Fsp3) is 0.700. The van der Waals surface area contributed by atoms with E-state index in [9.17, 15) is 8.78 Å². The van der Waals surface area contributed by atoms with E-state index in [1.165, 1.54) is 0 Å². The zero-order valence-corrected chi connectivity index (χ0v) is 9.01. The lowest BCUT2D eigenvalue weighted by Crippen LogP contribution is -2.16. The molecule has 0 atom stereocenters. The van der Waals surface area contributed by atoms with Crippen LogP contribution in [0.1, 0.15) is 45.0 Å². The van der Waals surface area contributed by atoms with Gasteiger partial charge >= 0.3 is 6.55 Å². The van der Waals surface area contributed by atoms with Gasteiger partial charge in [0.15, 0.2) is 0 Å². The molecule has 2 nitrogen and oxygen atoms in total. The number of halogens is 2. The molecule has 0 unspecified atom stereocenters. The van der Waals surface area contributed by atoms with Crippen molar-refractivity contribution in [3.05, 3.63) is 17.5 Å². The number of rotatable bonds is 3. The molecule has 0 aliphatic carbocycles. The second-order valence-corrected chi connectivity index (χ2v) is 4.10. The fourth-order valence-electron chi connectivity index (χ4n) is 1.48. The number of hydrogen-bond donors (Lipinski definition) is 0. The van der Waals surface area contributed by atoms with Crippen LogP contribution in [-0.2, 0) is 5.41 Å². The lowest BCUT2D eigenvalue weighted by atomic mass is 9.83. The second-order valence-electron chi connectivity index (χ2n) is 4.10. The van der Waals surface area contributed by atoms with E-state index in [2.05, 4.69) is 5.10 Å². The SMILES string of the molecule is CCC(C)(C)c1cnn(C(F)F)c1C. The Balaban J connectivity index is 3.13. The summed E-state index contributed by atoms with van der Waals surface area (Å²) in [5, 5.41) is 3.70. The molecule has 1 aromatic heterocycles. The average molecular weight is 202 g/mol. The van der Waals surface area contributed by atoms with Crippen molar-refractivity contribution in [2.45, 2.75) is 46.1 Å². The molecule has 0 saturated heterocycles. The molecule has 1 rings (SSSR count). The number of alkyl halides is 2. The Morgan fingerprint density at radius 3 is 2.43 bits per heavy atom. The van der Waals surface area contributed by atoms with E-state index in [1.54, 1.807) is 13.1 Å². The zero-order chi connectivity index (χ0) is 10.9. The van der Waals surface area contributed by atoms with Gasteiger partial charge in [-0.05, 0) is 24.3 Å². The molecule has 4 heteroatoms. The van der Waals surface area contributed by atoms with Crippen molar-refractivity contribution in [3.63, 3.8) is 0 Å². The van der Waals surface area contributed by atoms with Gasteiger partial charge in [-0.3, -0.25) is 0 Å². The highest BCUT2D eigenvalue weighted by Gasteiger charge is 2.24. The first kappa shape index (κ1) is 11.1. The second kappa shape index (κ2) is 3.67. The van der Waals surface area contributed by atoms with Crippen LogP contribution in [0.4, 0.5) is 8.78 Å². The van der Waals surface area contributed by atoms with Gasteiger partial charge in [-0.15, -0.1) is 0 Å². The smallest absolute Gasteiger partial charge is 0.208 e. The van der Waals surface area contributed by atoms with Crippen LogP contribution in [0.5, 0.6) is 0 Å². The molecule has 0 saturated carbocycles. The van der Waals surface area contributed by atoms with Crippen molar-refractivity contribution in [2.75, 3.05) is 0 Å². The zero-order valence-electron chi connectivity index (χ0n) is 9.01. The number of hydrogen-bond acceptors (Lipinski definition) is 1. The summed E-state index contributed by atoms with van der Waals surface area (Å²) < 4.78 is 25.6. The van der Waals surface area contributed by atoms with Gasteiger partial charge in [0, 0.05) is 5.69 Å². The molecule has 0 spiro atoms. The predicted molar refractivity (Wildman–Crippen MR) is 51.5 cm³/mol. The van der Waals surface area contributed by atoms with Crippen molar-refractivity contribution in [1.29, 1.82) is 0 Å². The van der Waals surface area contributed by atoms with Crippen LogP contribution in [0.25, 0.3) is 0 Å². The molecule has 0 fully saturated rings. The Labute approximate surface area is 82.9 Å². The summed E-state index contributed by atoms with van der Waals surface area (Å²) in [4.78, 5) is 0. The normalized spacial score (nSPS) is 12.5. The molecular weight excluding hydrogens is 186 g/mol. The quantitative estimate of drug-likeness (QED) is 0.735. The first-order valence-corrected chi connectivity index (χ1v) is 4.73. The Kier molecular flexibility index (Phi) is 2.92. The summed E-state index contributed by atoms with van der Waals surface area (Å²) in [5.41, 5.74) is 1.38. The molecule has 0 bridgehead atoms. The molecule has 0 aliphatic rings. The van der Waals surface area contributed by atoms with Crippen LogP contribution >= 0.6 is 0 Å². The fourth-order valence-corrected chi connectivity index (χ4v) is 1.48. The highest BCUT2D eigenvalue weighted by molar-refractivity contribution is 5.25. The van der Waals surface area contributed by atoms with E-state index in [-0.39, 0.29) is 5.41 Å². The lowest BCUT2D eigenvalue weighted by molar-refractivity contribution is 0.0542. The third kappa shape index (κ3) is 1.79. The van der Waals surface area contributed by atoms with Crippen LogP contribution in [0.2, 0.25) is 0 Å². The Morgan fingerprint density at radius 2 is 2.07 bits per heavy atom. The maximum Gasteiger partial charge on any atom is 0.333 e. The van der Waals surface area contributed by atoms with Crippen LogP contribution < -0.4 is 0 Å². The van der Waals surface area contributed by atoms with Crippen LogP contribution in [0.3, 0.4) is 0 Å². The van der Waals surface area contributed by atoms with Gasteiger partial charge in [0.1, 0.15) is 0 Å². The molecule has 80 valence electrons. The van der Waals surface area contributed by atoms with E-state index < -0.39 is 6.55 Å². The molecule has 0 radical (unpaired) electrons. The lowest BCUT2D eigenvalue weighted by Gasteiger charge is -2.22. The van der Waals surface area contributed by atoms with E-state index >= 15 is 0 Å². The average Bonchev–Trinajstić information content (AvgIpc) is 2.47. The Bertz CT molecular complexity index is 316. The minimum atomic E-state index is -2.54. The molecule has 14 heavy (non-hydrogen) atoms. The van der Waals surface area contributed by atoms with Crippen molar-refractivity contribution in [3.8, 4) is 0 Å². The van der Waals surface area contributed by atoms with Gasteiger partial charge in [-0.2, -0.15) is 13.9 Å². The summed E-state index contributed by atoms with van der Waals surface area (Å²) in [5.74, 6) is 0. The molecule has 1 heterocycles. The van der Waals surface area contributed by atoms with Gasteiger partial charge in [-0.1, -0.05) is 20.8 Å². The molecular formula is C10H16F2N2. The molecule has 0 N–H and O–H groups in total. The minimum Gasteiger partial charge on any atom is -0.208 e. The van der Waals surface area contributed by atoms with E-state index in [0.29, 0.717) is 5.69 Å². The van der Waals surface area contributed by atoms with E-state index in [1.807, 2.05) is 20.8 Å². The van der Waals surface area contributed by atoms with Crippen LogP contribution in [0.15, 0.2) is 6.20 Å². The van der Waals surface area contributed by atoms with Crippen molar-refractivity contribution >= 4 is 0 Å².